The lowest BCUT2D eigenvalue weighted by Gasteiger charge is -2.30. The summed E-state index contributed by atoms with van der Waals surface area (Å²) < 4.78 is 1.40. The fourth-order valence-corrected chi connectivity index (χ4v) is 4.42. The van der Waals surface area contributed by atoms with Gasteiger partial charge in [0.2, 0.25) is 0 Å². The Morgan fingerprint density at radius 2 is 1.94 bits per heavy atom. The summed E-state index contributed by atoms with van der Waals surface area (Å²) >= 11 is 0. The molecule has 1 aromatic carbocycles. The molecule has 4 heterocycles. The van der Waals surface area contributed by atoms with Crippen LogP contribution in [0.2, 0.25) is 0 Å². The summed E-state index contributed by atoms with van der Waals surface area (Å²) in [5.41, 5.74) is 8.23. The van der Waals surface area contributed by atoms with Gasteiger partial charge in [-0.15, -0.1) is 5.10 Å². The highest BCUT2D eigenvalue weighted by Gasteiger charge is 2.22. The van der Waals surface area contributed by atoms with E-state index in [1.54, 1.807) is 0 Å². The molecule has 6 heteroatoms. The van der Waals surface area contributed by atoms with Gasteiger partial charge in [-0.2, -0.15) is 4.52 Å². The largest absolute Gasteiger partial charge is 0.350 e. The number of fused-ring (bicyclic) bond motifs is 2. The molecule has 3 aromatic heterocycles. The summed E-state index contributed by atoms with van der Waals surface area (Å²) in [7, 11) is 0. The monoisotopic (exact) mass is 411 g/mol. The molecule has 1 aliphatic rings. The predicted octanol–water partition coefficient (Wildman–Crippen LogP) is 3.89. The van der Waals surface area contributed by atoms with Crippen LogP contribution in [0.3, 0.4) is 0 Å². The molecule has 6 nitrogen and oxygen atoms in total. The molecule has 0 saturated heterocycles. The van der Waals surface area contributed by atoms with Crippen molar-refractivity contribution in [3.8, 4) is 11.1 Å². The fourth-order valence-electron chi connectivity index (χ4n) is 4.42. The quantitative estimate of drug-likeness (QED) is 0.512. The molecule has 0 atom stereocenters. The molecule has 0 amide bonds. The van der Waals surface area contributed by atoms with Crippen molar-refractivity contribution in [2.24, 2.45) is 0 Å². The van der Waals surface area contributed by atoms with E-state index in [4.69, 9.17) is 4.98 Å². The SMILES string of the molecule is CCc1ccccc1-c1cnc2c(c1)CN(c1nn3c(=O)cc(C)nc3cc1C)CC2. The van der Waals surface area contributed by atoms with Crippen LogP contribution in [0.25, 0.3) is 16.8 Å². The third kappa shape index (κ3) is 3.48. The number of pyridine rings is 1. The maximum absolute atomic E-state index is 12.4. The molecule has 1 aliphatic heterocycles. The first kappa shape index (κ1) is 19.4. The number of hydrogen-bond acceptors (Lipinski definition) is 5. The van der Waals surface area contributed by atoms with E-state index in [0.29, 0.717) is 11.3 Å². The molecule has 0 saturated carbocycles. The summed E-state index contributed by atoms with van der Waals surface area (Å²) in [6, 6.07) is 14.2. The van der Waals surface area contributed by atoms with Gasteiger partial charge in [0.15, 0.2) is 11.5 Å². The molecule has 0 radical (unpaired) electrons. The van der Waals surface area contributed by atoms with Gasteiger partial charge in [-0.1, -0.05) is 31.2 Å². The lowest BCUT2D eigenvalue weighted by Crippen LogP contribution is -2.33. The zero-order chi connectivity index (χ0) is 21.5. The zero-order valence-corrected chi connectivity index (χ0v) is 18.1. The molecule has 0 N–H and O–H groups in total. The van der Waals surface area contributed by atoms with Crippen LogP contribution in [0.15, 0.2) is 53.5 Å². The maximum atomic E-state index is 12.4. The van der Waals surface area contributed by atoms with Gasteiger partial charge in [-0.05, 0) is 54.7 Å². The van der Waals surface area contributed by atoms with Gasteiger partial charge in [0, 0.05) is 48.7 Å². The van der Waals surface area contributed by atoms with Crippen molar-refractivity contribution in [3.63, 3.8) is 0 Å². The van der Waals surface area contributed by atoms with Crippen LogP contribution < -0.4 is 10.5 Å². The second kappa shape index (κ2) is 7.61. The standard InChI is InChI=1S/C25H25N5O/c1-4-18-7-5-6-8-21(18)19-13-20-15-29(10-9-22(20)26-14-19)25-16(2)11-23-27-17(3)12-24(31)30(23)28-25/h5-8,11-14H,4,9-10,15H2,1-3H3. The number of anilines is 1. The summed E-state index contributed by atoms with van der Waals surface area (Å²) in [4.78, 5) is 23.9. The highest BCUT2D eigenvalue weighted by molar-refractivity contribution is 5.68. The number of hydrogen-bond donors (Lipinski definition) is 0. The lowest BCUT2D eigenvalue weighted by molar-refractivity contribution is 0.685. The molecular weight excluding hydrogens is 386 g/mol. The normalized spacial score (nSPS) is 13.5. The minimum Gasteiger partial charge on any atom is -0.350 e. The maximum Gasteiger partial charge on any atom is 0.274 e. The van der Waals surface area contributed by atoms with E-state index in [1.807, 2.05) is 26.1 Å². The topological polar surface area (TPSA) is 63.4 Å². The predicted molar refractivity (Wildman–Crippen MR) is 123 cm³/mol. The Labute approximate surface area is 181 Å². The molecule has 0 spiro atoms. The number of rotatable bonds is 3. The zero-order valence-electron chi connectivity index (χ0n) is 18.1. The summed E-state index contributed by atoms with van der Waals surface area (Å²) in [6.07, 6.45) is 3.84. The van der Waals surface area contributed by atoms with Gasteiger partial charge in [-0.3, -0.25) is 9.78 Å². The van der Waals surface area contributed by atoms with Gasteiger partial charge in [0.25, 0.3) is 5.56 Å². The smallest absolute Gasteiger partial charge is 0.274 e. The first-order valence-electron chi connectivity index (χ1n) is 10.7. The third-order valence-electron chi connectivity index (χ3n) is 5.99. The van der Waals surface area contributed by atoms with Gasteiger partial charge < -0.3 is 4.90 Å². The van der Waals surface area contributed by atoms with E-state index in [0.717, 1.165) is 48.6 Å². The van der Waals surface area contributed by atoms with Crippen molar-refractivity contribution < 1.29 is 0 Å². The van der Waals surface area contributed by atoms with Gasteiger partial charge in [0.05, 0.1) is 0 Å². The van der Waals surface area contributed by atoms with E-state index in [1.165, 1.54) is 27.3 Å². The Morgan fingerprint density at radius 1 is 1.10 bits per heavy atom. The van der Waals surface area contributed by atoms with Crippen LogP contribution >= 0.6 is 0 Å². The highest BCUT2D eigenvalue weighted by atomic mass is 16.1. The van der Waals surface area contributed by atoms with Crippen LogP contribution in [0.4, 0.5) is 5.82 Å². The number of aromatic nitrogens is 4. The molecule has 156 valence electrons. The van der Waals surface area contributed by atoms with E-state index >= 15 is 0 Å². The van der Waals surface area contributed by atoms with Gasteiger partial charge in [-0.25, -0.2) is 4.98 Å². The molecule has 5 rings (SSSR count). The number of nitrogens with zero attached hydrogens (tertiary/aromatic N) is 5. The summed E-state index contributed by atoms with van der Waals surface area (Å²) in [5.74, 6) is 0.824. The van der Waals surface area contributed by atoms with Crippen molar-refractivity contribution in [1.29, 1.82) is 0 Å². The van der Waals surface area contributed by atoms with Gasteiger partial charge in [0.1, 0.15) is 0 Å². The van der Waals surface area contributed by atoms with Crippen LogP contribution in [0, 0.1) is 13.8 Å². The molecule has 31 heavy (non-hydrogen) atoms. The van der Waals surface area contributed by atoms with E-state index in [-0.39, 0.29) is 5.56 Å². The Balaban J connectivity index is 1.53. The molecule has 4 aromatic rings. The Hall–Kier alpha value is -3.54. The van der Waals surface area contributed by atoms with Crippen molar-refractivity contribution in [1.82, 2.24) is 19.6 Å². The lowest BCUT2D eigenvalue weighted by atomic mass is 9.96. The van der Waals surface area contributed by atoms with Crippen LogP contribution in [0.1, 0.15) is 35.0 Å². The third-order valence-corrected chi connectivity index (χ3v) is 5.99. The molecule has 0 unspecified atom stereocenters. The van der Waals surface area contributed by atoms with Crippen molar-refractivity contribution in [3.05, 3.63) is 87.1 Å². The average molecular weight is 412 g/mol. The van der Waals surface area contributed by atoms with E-state index in [2.05, 4.69) is 52.2 Å². The molecule has 0 aliphatic carbocycles. The summed E-state index contributed by atoms with van der Waals surface area (Å²) in [5, 5.41) is 4.67. The van der Waals surface area contributed by atoms with Crippen molar-refractivity contribution in [2.75, 3.05) is 11.4 Å². The first-order valence-corrected chi connectivity index (χ1v) is 10.7. The van der Waals surface area contributed by atoms with E-state index < -0.39 is 0 Å². The first-order chi connectivity index (χ1) is 15.0. The molecule has 0 bridgehead atoms. The van der Waals surface area contributed by atoms with Crippen LogP contribution in [0.5, 0.6) is 0 Å². The van der Waals surface area contributed by atoms with Crippen molar-refractivity contribution in [2.45, 2.75) is 40.2 Å². The minimum atomic E-state index is -0.152. The average Bonchev–Trinajstić information content (AvgIpc) is 2.77. The number of benzene rings is 1. The number of aryl methyl sites for hydroxylation is 3. The summed E-state index contributed by atoms with van der Waals surface area (Å²) in [6.45, 7) is 7.57. The molecular formula is C25H25N5O. The Kier molecular flexibility index (Phi) is 4.77. The van der Waals surface area contributed by atoms with Crippen LogP contribution in [-0.2, 0) is 19.4 Å². The second-order valence-corrected chi connectivity index (χ2v) is 8.17. The van der Waals surface area contributed by atoms with Crippen LogP contribution in [-0.4, -0.2) is 26.1 Å². The second-order valence-electron chi connectivity index (χ2n) is 8.17. The molecule has 0 fully saturated rings. The highest BCUT2D eigenvalue weighted by Crippen LogP contribution is 2.29. The Bertz CT molecular complexity index is 1360. The fraction of sp³-hybridized carbons (Fsp3) is 0.280. The Morgan fingerprint density at radius 3 is 2.77 bits per heavy atom. The van der Waals surface area contributed by atoms with Gasteiger partial charge >= 0.3 is 0 Å². The van der Waals surface area contributed by atoms with E-state index in [9.17, 15) is 4.79 Å². The minimum absolute atomic E-state index is 0.152. The van der Waals surface area contributed by atoms with Crippen molar-refractivity contribution >= 4 is 11.5 Å².